The summed E-state index contributed by atoms with van der Waals surface area (Å²) in [7, 11) is 0. The molecule has 26 heavy (non-hydrogen) atoms. The number of thiophene rings is 1. The average Bonchev–Trinajstić information content (AvgIpc) is 3.35. The van der Waals surface area contributed by atoms with E-state index >= 15 is 0 Å². The van der Waals surface area contributed by atoms with Gasteiger partial charge in [0.2, 0.25) is 0 Å². The van der Waals surface area contributed by atoms with Gasteiger partial charge in [0.05, 0.1) is 17.5 Å². The zero-order valence-electron chi connectivity index (χ0n) is 15.1. The van der Waals surface area contributed by atoms with Crippen molar-refractivity contribution in [1.82, 2.24) is 14.8 Å². The van der Waals surface area contributed by atoms with Crippen LogP contribution < -0.4 is 0 Å². The molecule has 1 aliphatic heterocycles. The Hall–Kier alpha value is -1.63. The first-order chi connectivity index (χ1) is 12.7. The third-order valence-corrected chi connectivity index (χ3v) is 6.42. The van der Waals surface area contributed by atoms with E-state index in [4.69, 9.17) is 4.74 Å². The number of aryl methyl sites for hydroxylation is 2. The normalized spacial score (nSPS) is 17.1. The Bertz CT molecular complexity index is 847. The topological polar surface area (TPSA) is 39.9 Å². The molecule has 136 valence electrons. The van der Waals surface area contributed by atoms with Crippen molar-refractivity contribution in [3.8, 4) is 10.7 Å². The monoisotopic (exact) mass is 385 g/mol. The van der Waals surface area contributed by atoms with Crippen molar-refractivity contribution in [3.05, 3.63) is 52.4 Å². The molecule has 0 radical (unpaired) electrons. The van der Waals surface area contributed by atoms with Gasteiger partial charge >= 0.3 is 0 Å². The molecule has 0 aliphatic carbocycles. The maximum atomic E-state index is 5.87. The quantitative estimate of drug-likeness (QED) is 0.554. The van der Waals surface area contributed by atoms with Gasteiger partial charge in [-0.3, -0.25) is 4.57 Å². The van der Waals surface area contributed by atoms with Crippen molar-refractivity contribution in [2.75, 3.05) is 6.61 Å². The third kappa shape index (κ3) is 4.03. The van der Waals surface area contributed by atoms with Crippen molar-refractivity contribution in [3.63, 3.8) is 0 Å². The van der Waals surface area contributed by atoms with Crippen LogP contribution in [0.5, 0.6) is 0 Å². The summed E-state index contributed by atoms with van der Waals surface area (Å²) in [5.74, 6) is 1.86. The summed E-state index contributed by atoms with van der Waals surface area (Å²) in [5, 5.41) is 12.1. The first-order valence-electron chi connectivity index (χ1n) is 8.98. The highest BCUT2D eigenvalue weighted by Crippen LogP contribution is 2.30. The van der Waals surface area contributed by atoms with Crippen LogP contribution in [-0.2, 0) is 17.0 Å². The van der Waals surface area contributed by atoms with Gasteiger partial charge in [-0.1, -0.05) is 47.2 Å². The highest BCUT2D eigenvalue weighted by molar-refractivity contribution is 7.98. The van der Waals surface area contributed by atoms with E-state index < -0.39 is 0 Å². The molecule has 1 aromatic carbocycles. The van der Waals surface area contributed by atoms with Gasteiger partial charge in [0.1, 0.15) is 0 Å². The highest BCUT2D eigenvalue weighted by atomic mass is 32.2. The van der Waals surface area contributed by atoms with Crippen LogP contribution in [0, 0.1) is 13.8 Å². The third-order valence-electron chi connectivity index (χ3n) is 4.52. The van der Waals surface area contributed by atoms with Crippen molar-refractivity contribution in [2.24, 2.45) is 0 Å². The van der Waals surface area contributed by atoms with Crippen LogP contribution in [0.2, 0.25) is 0 Å². The summed E-state index contributed by atoms with van der Waals surface area (Å²) in [6.45, 7) is 5.99. The number of aromatic nitrogens is 3. The highest BCUT2D eigenvalue weighted by Gasteiger charge is 2.22. The Kier molecular flexibility index (Phi) is 5.43. The molecule has 3 aromatic rings. The zero-order valence-corrected chi connectivity index (χ0v) is 16.8. The second-order valence-electron chi connectivity index (χ2n) is 6.81. The lowest BCUT2D eigenvalue weighted by molar-refractivity contribution is 0.0953. The van der Waals surface area contributed by atoms with E-state index in [-0.39, 0.29) is 6.10 Å². The molecule has 1 unspecified atom stereocenters. The Labute approximate surface area is 162 Å². The predicted molar refractivity (Wildman–Crippen MR) is 108 cm³/mol. The standard InChI is InChI=1S/C20H23N3OS2/c1-14-9-15(2)11-16(10-14)13-26-20-22-21-19(18-6-4-8-25-18)23(20)12-17-5-3-7-24-17/h4,6,8-11,17H,3,5,7,12-13H2,1-2H3. The van der Waals surface area contributed by atoms with E-state index in [0.717, 1.165) is 47.6 Å². The van der Waals surface area contributed by atoms with E-state index in [1.54, 1.807) is 23.1 Å². The number of ether oxygens (including phenoxy) is 1. The zero-order chi connectivity index (χ0) is 17.9. The Morgan fingerprint density at radius 2 is 2.08 bits per heavy atom. The predicted octanol–water partition coefficient (Wildman–Crippen LogP) is 5.09. The molecule has 4 rings (SSSR count). The number of hydrogen-bond acceptors (Lipinski definition) is 5. The van der Waals surface area contributed by atoms with Gasteiger partial charge in [0.15, 0.2) is 11.0 Å². The fourth-order valence-electron chi connectivity index (χ4n) is 3.44. The van der Waals surface area contributed by atoms with E-state index in [1.807, 2.05) is 0 Å². The summed E-state index contributed by atoms with van der Waals surface area (Å²) < 4.78 is 8.11. The molecule has 0 saturated carbocycles. The van der Waals surface area contributed by atoms with E-state index in [2.05, 4.69) is 64.3 Å². The van der Waals surface area contributed by atoms with Gasteiger partial charge in [0, 0.05) is 12.4 Å². The summed E-state index contributed by atoms with van der Waals surface area (Å²) >= 11 is 3.46. The first kappa shape index (κ1) is 17.8. The first-order valence-corrected chi connectivity index (χ1v) is 10.8. The molecule has 1 fully saturated rings. The lowest BCUT2D eigenvalue weighted by atomic mass is 10.1. The van der Waals surface area contributed by atoms with Gasteiger partial charge < -0.3 is 4.74 Å². The van der Waals surface area contributed by atoms with Crippen molar-refractivity contribution < 1.29 is 4.74 Å². The lowest BCUT2D eigenvalue weighted by Crippen LogP contribution is -2.16. The van der Waals surface area contributed by atoms with Gasteiger partial charge in [0.25, 0.3) is 0 Å². The largest absolute Gasteiger partial charge is 0.376 e. The van der Waals surface area contributed by atoms with Crippen LogP contribution in [0.3, 0.4) is 0 Å². The summed E-state index contributed by atoms with van der Waals surface area (Å²) in [4.78, 5) is 1.16. The number of thioether (sulfide) groups is 1. The van der Waals surface area contributed by atoms with E-state index in [9.17, 15) is 0 Å². The maximum absolute atomic E-state index is 5.87. The minimum absolute atomic E-state index is 0.269. The Morgan fingerprint density at radius 1 is 1.23 bits per heavy atom. The molecule has 1 aliphatic rings. The number of benzene rings is 1. The maximum Gasteiger partial charge on any atom is 0.191 e. The molecule has 3 heterocycles. The molecule has 0 amide bonds. The van der Waals surface area contributed by atoms with Crippen LogP contribution in [-0.4, -0.2) is 27.5 Å². The molecule has 0 N–H and O–H groups in total. The fraction of sp³-hybridized carbons (Fsp3) is 0.400. The smallest absolute Gasteiger partial charge is 0.191 e. The van der Waals surface area contributed by atoms with Crippen molar-refractivity contribution in [1.29, 1.82) is 0 Å². The average molecular weight is 386 g/mol. The van der Waals surface area contributed by atoms with Gasteiger partial charge in [-0.25, -0.2) is 0 Å². The number of nitrogens with zero attached hydrogens (tertiary/aromatic N) is 3. The second kappa shape index (κ2) is 7.94. The van der Waals surface area contributed by atoms with E-state index in [1.165, 1.54) is 16.7 Å². The van der Waals surface area contributed by atoms with Crippen LogP contribution in [0.15, 0.2) is 40.9 Å². The van der Waals surface area contributed by atoms with Gasteiger partial charge in [-0.2, -0.15) is 0 Å². The molecule has 0 bridgehead atoms. The number of hydrogen-bond donors (Lipinski definition) is 0. The van der Waals surface area contributed by atoms with Crippen molar-refractivity contribution in [2.45, 2.75) is 50.2 Å². The molecule has 2 aromatic heterocycles. The molecule has 1 atom stereocenters. The summed E-state index contributed by atoms with van der Waals surface area (Å²) in [5.41, 5.74) is 3.94. The minimum atomic E-state index is 0.269. The lowest BCUT2D eigenvalue weighted by Gasteiger charge is -2.14. The molecular weight excluding hydrogens is 362 g/mol. The molecule has 6 heteroatoms. The Morgan fingerprint density at radius 3 is 2.77 bits per heavy atom. The minimum Gasteiger partial charge on any atom is -0.376 e. The van der Waals surface area contributed by atoms with Crippen molar-refractivity contribution >= 4 is 23.1 Å². The Balaban J connectivity index is 1.58. The molecule has 1 saturated heterocycles. The summed E-state index contributed by atoms with van der Waals surface area (Å²) in [6, 6.07) is 10.9. The van der Waals surface area contributed by atoms with Crippen LogP contribution in [0.25, 0.3) is 10.7 Å². The van der Waals surface area contributed by atoms with Crippen LogP contribution >= 0.6 is 23.1 Å². The van der Waals surface area contributed by atoms with Gasteiger partial charge in [-0.15, -0.1) is 21.5 Å². The molecular formula is C20H23N3OS2. The number of rotatable bonds is 6. The van der Waals surface area contributed by atoms with E-state index in [0.29, 0.717) is 0 Å². The van der Waals surface area contributed by atoms with Gasteiger partial charge in [-0.05, 0) is 43.7 Å². The summed E-state index contributed by atoms with van der Waals surface area (Å²) in [6.07, 6.45) is 2.53. The van der Waals surface area contributed by atoms with Crippen LogP contribution in [0.4, 0.5) is 0 Å². The fourth-order valence-corrected chi connectivity index (χ4v) is 5.04. The van der Waals surface area contributed by atoms with Crippen LogP contribution in [0.1, 0.15) is 29.5 Å². The molecule has 0 spiro atoms. The molecule has 4 nitrogen and oxygen atoms in total. The SMILES string of the molecule is Cc1cc(C)cc(CSc2nnc(-c3cccs3)n2CC2CCCO2)c1. The second-order valence-corrected chi connectivity index (χ2v) is 8.70.